The van der Waals surface area contributed by atoms with Gasteiger partial charge < -0.3 is 19.1 Å². The van der Waals surface area contributed by atoms with E-state index in [1.54, 1.807) is 44.1 Å². The van der Waals surface area contributed by atoms with Crippen LogP contribution in [-0.4, -0.2) is 50.4 Å². The third kappa shape index (κ3) is 6.15. The number of hydrogen-bond donors (Lipinski definition) is 0. The van der Waals surface area contributed by atoms with Crippen LogP contribution in [0.15, 0.2) is 42.7 Å². The minimum Gasteiger partial charge on any atom is -0.444 e. The highest BCUT2D eigenvalue weighted by molar-refractivity contribution is 6.10. The molecular weight excluding hydrogens is 547 g/mol. The number of amides is 2. The molecular formula is C31H36F3N5O3. The lowest BCUT2D eigenvalue weighted by Gasteiger charge is -2.34. The molecule has 1 saturated heterocycles. The van der Waals surface area contributed by atoms with Gasteiger partial charge in [-0.2, -0.15) is 13.2 Å². The van der Waals surface area contributed by atoms with Gasteiger partial charge in [0.2, 0.25) is 0 Å². The molecule has 8 nitrogen and oxygen atoms in total. The summed E-state index contributed by atoms with van der Waals surface area (Å²) in [6, 6.07) is 10.1. The van der Waals surface area contributed by atoms with Gasteiger partial charge in [-0.3, -0.25) is 4.79 Å². The SMILES string of the molecule is CC(Cc1nncn1C)c1cccc(N2Cc3c(cc(C4CCCN(C(=O)OC(C)(C)C)C4)cc3C(F)(F)F)C2=O)c1. The van der Waals surface area contributed by atoms with Gasteiger partial charge in [0.25, 0.3) is 5.91 Å². The summed E-state index contributed by atoms with van der Waals surface area (Å²) in [6.07, 6.45) is -1.63. The van der Waals surface area contributed by atoms with E-state index >= 15 is 0 Å². The number of carbonyl (C=O) groups excluding carboxylic acids is 2. The van der Waals surface area contributed by atoms with Crippen LogP contribution in [0.4, 0.5) is 23.7 Å². The number of aryl methyl sites for hydroxylation is 1. The Balaban J connectivity index is 1.42. The molecule has 2 aromatic carbocycles. The largest absolute Gasteiger partial charge is 0.444 e. The van der Waals surface area contributed by atoms with Crippen LogP contribution in [0.25, 0.3) is 0 Å². The Morgan fingerprint density at radius 1 is 1.17 bits per heavy atom. The number of carbonyl (C=O) groups is 2. The molecule has 0 N–H and O–H groups in total. The standard InChI is InChI=1S/C31H36F3N5O3/c1-19(12-27-36-35-18-37(27)5)20-8-6-10-23(13-20)39-17-25-24(28(39)40)14-22(15-26(25)31(32,33)34)21-9-7-11-38(16-21)29(41)42-30(2,3)4/h6,8,10,13-15,18-19,21H,7,9,11-12,16-17H2,1-5H3. The lowest BCUT2D eigenvalue weighted by molar-refractivity contribution is -0.138. The summed E-state index contributed by atoms with van der Waals surface area (Å²) in [5, 5.41) is 8.06. The zero-order chi connectivity index (χ0) is 30.4. The van der Waals surface area contributed by atoms with E-state index < -0.39 is 29.3 Å². The van der Waals surface area contributed by atoms with Crippen molar-refractivity contribution in [2.75, 3.05) is 18.0 Å². The molecule has 1 aromatic heterocycles. The van der Waals surface area contributed by atoms with Crippen molar-refractivity contribution < 1.29 is 27.5 Å². The molecule has 42 heavy (non-hydrogen) atoms. The van der Waals surface area contributed by atoms with Crippen molar-refractivity contribution in [1.29, 1.82) is 0 Å². The molecule has 0 spiro atoms. The predicted octanol–water partition coefficient (Wildman–Crippen LogP) is 6.46. The first kappa shape index (κ1) is 29.6. The lowest BCUT2D eigenvalue weighted by Crippen LogP contribution is -2.42. The molecule has 2 aliphatic heterocycles. The second kappa shape index (κ2) is 11.1. The molecule has 2 amide bonds. The molecule has 2 unspecified atom stereocenters. The number of aromatic nitrogens is 3. The lowest BCUT2D eigenvalue weighted by atomic mass is 9.87. The zero-order valence-corrected chi connectivity index (χ0v) is 24.5. The molecule has 0 bridgehead atoms. The van der Waals surface area contributed by atoms with Crippen LogP contribution in [0.2, 0.25) is 0 Å². The predicted molar refractivity (Wildman–Crippen MR) is 151 cm³/mol. The third-order valence-electron chi connectivity index (χ3n) is 7.96. The van der Waals surface area contributed by atoms with E-state index in [-0.39, 0.29) is 36.1 Å². The second-order valence-electron chi connectivity index (χ2n) is 12.3. The minimum atomic E-state index is -4.64. The van der Waals surface area contributed by atoms with E-state index in [1.165, 1.54) is 4.90 Å². The quantitative estimate of drug-likeness (QED) is 0.345. The Labute approximate surface area is 243 Å². The number of hydrogen-bond acceptors (Lipinski definition) is 5. The highest BCUT2D eigenvalue weighted by Crippen LogP contribution is 2.42. The number of benzene rings is 2. The number of likely N-dealkylation sites (tertiary alicyclic amines) is 1. The van der Waals surface area contributed by atoms with Gasteiger partial charge in [-0.15, -0.1) is 10.2 Å². The first-order valence-electron chi connectivity index (χ1n) is 14.2. The first-order chi connectivity index (χ1) is 19.7. The fraction of sp³-hybridized carbons (Fsp3) is 0.484. The van der Waals surface area contributed by atoms with E-state index in [9.17, 15) is 22.8 Å². The molecule has 2 aliphatic rings. The van der Waals surface area contributed by atoms with Crippen molar-refractivity contribution >= 4 is 17.7 Å². The molecule has 3 aromatic rings. The monoisotopic (exact) mass is 583 g/mol. The minimum absolute atomic E-state index is 0.0198. The summed E-state index contributed by atoms with van der Waals surface area (Å²) in [6.45, 7) is 7.89. The maximum Gasteiger partial charge on any atom is 0.416 e. The van der Waals surface area contributed by atoms with Crippen LogP contribution in [0.1, 0.15) is 90.8 Å². The molecule has 1 fully saturated rings. The number of alkyl halides is 3. The van der Waals surface area contributed by atoms with Gasteiger partial charge in [0.15, 0.2) is 0 Å². The fourth-order valence-electron chi connectivity index (χ4n) is 5.75. The van der Waals surface area contributed by atoms with Gasteiger partial charge in [-0.1, -0.05) is 19.1 Å². The number of halogens is 3. The van der Waals surface area contributed by atoms with Gasteiger partial charge in [-0.05, 0) is 80.5 Å². The maximum absolute atomic E-state index is 14.4. The molecule has 3 heterocycles. The van der Waals surface area contributed by atoms with Crippen molar-refractivity contribution in [2.24, 2.45) is 7.05 Å². The van der Waals surface area contributed by atoms with E-state index in [1.807, 2.05) is 36.7 Å². The third-order valence-corrected chi connectivity index (χ3v) is 7.96. The summed E-state index contributed by atoms with van der Waals surface area (Å²) in [7, 11) is 1.87. The van der Waals surface area contributed by atoms with Crippen LogP contribution in [-0.2, 0) is 30.9 Å². The van der Waals surface area contributed by atoms with Crippen LogP contribution < -0.4 is 4.90 Å². The molecule has 0 radical (unpaired) electrons. The molecule has 11 heteroatoms. The highest BCUT2D eigenvalue weighted by atomic mass is 19.4. The fourth-order valence-corrected chi connectivity index (χ4v) is 5.75. The van der Waals surface area contributed by atoms with Crippen molar-refractivity contribution in [3.63, 3.8) is 0 Å². The van der Waals surface area contributed by atoms with Crippen LogP contribution in [0.3, 0.4) is 0 Å². The second-order valence-corrected chi connectivity index (χ2v) is 12.3. The summed E-state index contributed by atoms with van der Waals surface area (Å²) in [5.74, 6) is 0.0527. The van der Waals surface area contributed by atoms with Gasteiger partial charge in [0, 0.05) is 43.7 Å². The number of anilines is 1. The molecule has 5 rings (SSSR count). The average molecular weight is 584 g/mol. The smallest absolute Gasteiger partial charge is 0.416 e. The van der Waals surface area contributed by atoms with E-state index in [0.29, 0.717) is 37.1 Å². The van der Waals surface area contributed by atoms with E-state index in [4.69, 9.17) is 4.74 Å². The average Bonchev–Trinajstić information content (AvgIpc) is 3.48. The van der Waals surface area contributed by atoms with Crippen LogP contribution >= 0.6 is 0 Å². The van der Waals surface area contributed by atoms with Gasteiger partial charge in [-0.25, -0.2) is 4.79 Å². The topological polar surface area (TPSA) is 80.6 Å². The van der Waals surface area contributed by atoms with Gasteiger partial charge >= 0.3 is 12.3 Å². The number of nitrogens with zero attached hydrogens (tertiary/aromatic N) is 5. The van der Waals surface area contributed by atoms with Crippen molar-refractivity contribution in [2.45, 2.75) is 77.1 Å². The molecule has 224 valence electrons. The van der Waals surface area contributed by atoms with E-state index in [0.717, 1.165) is 17.5 Å². The Hall–Kier alpha value is -3.89. The number of piperidine rings is 1. The Morgan fingerprint density at radius 3 is 2.60 bits per heavy atom. The molecule has 0 aliphatic carbocycles. The number of fused-ring (bicyclic) bond motifs is 1. The summed E-state index contributed by atoms with van der Waals surface area (Å²) in [5.41, 5.74) is 0.465. The normalized spacial score (nSPS) is 18.3. The first-order valence-corrected chi connectivity index (χ1v) is 14.2. The van der Waals surface area contributed by atoms with Crippen LogP contribution in [0, 0.1) is 0 Å². The number of ether oxygens (including phenoxy) is 1. The van der Waals surface area contributed by atoms with Crippen molar-refractivity contribution in [3.8, 4) is 0 Å². The maximum atomic E-state index is 14.4. The zero-order valence-electron chi connectivity index (χ0n) is 24.5. The molecule has 0 saturated carbocycles. The highest BCUT2D eigenvalue weighted by Gasteiger charge is 2.41. The summed E-state index contributed by atoms with van der Waals surface area (Å²) >= 11 is 0. The number of rotatable bonds is 5. The Morgan fingerprint density at radius 2 is 1.93 bits per heavy atom. The van der Waals surface area contributed by atoms with Crippen LogP contribution in [0.5, 0.6) is 0 Å². The Kier molecular flexibility index (Phi) is 7.80. The van der Waals surface area contributed by atoms with Crippen molar-refractivity contribution in [1.82, 2.24) is 19.7 Å². The van der Waals surface area contributed by atoms with Crippen molar-refractivity contribution in [3.05, 3.63) is 76.4 Å². The van der Waals surface area contributed by atoms with Gasteiger partial charge in [0.1, 0.15) is 17.8 Å². The van der Waals surface area contributed by atoms with E-state index in [2.05, 4.69) is 10.2 Å². The summed E-state index contributed by atoms with van der Waals surface area (Å²) < 4.78 is 50.5. The summed E-state index contributed by atoms with van der Waals surface area (Å²) in [4.78, 5) is 29.3. The Bertz CT molecular complexity index is 1490. The van der Waals surface area contributed by atoms with Gasteiger partial charge in [0.05, 0.1) is 12.1 Å². The molecule has 2 atom stereocenters.